The second kappa shape index (κ2) is 7.19. The van der Waals surface area contributed by atoms with Crippen molar-refractivity contribution >= 4 is 5.91 Å². The molecule has 1 amide bonds. The molecule has 0 spiro atoms. The van der Waals surface area contributed by atoms with Gasteiger partial charge in [-0.1, -0.05) is 12.1 Å². The second-order valence-corrected chi connectivity index (χ2v) is 5.56. The summed E-state index contributed by atoms with van der Waals surface area (Å²) in [6, 6.07) is 8.30. The molecule has 0 aliphatic carbocycles. The van der Waals surface area contributed by atoms with Crippen LogP contribution in [0.3, 0.4) is 0 Å². The van der Waals surface area contributed by atoms with Crippen LogP contribution in [0.4, 0.5) is 4.39 Å². The molecule has 0 saturated heterocycles. The molecule has 1 aromatic heterocycles. The highest BCUT2D eigenvalue weighted by atomic mass is 19.1. The van der Waals surface area contributed by atoms with Crippen LogP contribution in [0.1, 0.15) is 41.1 Å². The van der Waals surface area contributed by atoms with E-state index in [2.05, 4.69) is 10.3 Å². The average Bonchev–Trinajstić information content (AvgIpc) is 2.47. The smallest absolute Gasteiger partial charge is 0.260 e. The Kier molecular flexibility index (Phi) is 5.28. The Morgan fingerprint density at radius 1 is 1.26 bits per heavy atom. The molecule has 1 aromatic carbocycles. The van der Waals surface area contributed by atoms with E-state index in [1.54, 1.807) is 19.9 Å². The van der Waals surface area contributed by atoms with Crippen molar-refractivity contribution in [1.29, 1.82) is 0 Å². The van der Waals surface area contributed by atoms with Crippen molar-refractivity contribution in [3.05, 3.63) is 69.4 Å². The summed E-state index contributed by atoms with van der Waals surface area (Å²) in [5.74, 6) is -0.869. The van der Waals surface area contributed by atoms with E-state index in [1.807, 2.05) is 0 Å². The van der Waals surface area contributed by atoms with Gasteiger partial charge in [-0.3, -0.25) is 9.59 Å². The number of aromatic nitrogens is 1. The number of aliphatic hydroxyl groups is 1. The highest BCUT2D eigenvalue weighted by Gasteiger charge is 2.17. The summed E-state index contributed by atoms with van der Waals surface area (Å²) < 4.78 is 12.9. The standard InChI is InChI=1S/C17H19FN2O3/c1-10-3-8-14(16(22)19-10)17(23)20-11(2)9-15(21)12-4-6-13(18)7-5-12/h3-8,11,15,21H,9H2,1-2H3,(H,19,22)(H,20,23). The van der Waals surface area contributed by atoms with Crippen molar-refractivity contribution in [2.75, 3.05) is 0 Å². The van der Waals surface area contributed by atoms with E-state index in [-0.39, 0.29) is 23.8 Å². The number of carbonyl (C=O) groups is 1. The number of rotatable bonds is 5. The number of hydrogen-bond donors (Lipinski definition) is 3. The predicted octanol–water partition coefficient (Wildman–Crippen LogP) is 2.06. The minimum atomic E-state index is -0.831. The van der Waals surface area contributed by atoms with E-state index in [4.69, 9.17) is 0 Å². The van der Waals surface area contributed by atoms with Crippen molar-refractivity contribution in [3.8, 4) is 0 Å². The molecule has 0 radical (unpaired) electrons. The van der Waals surface area contributed by atoms with E-state index in [0.29, 0.717) is 11.3 Å². The first-order valence-corrected chi connectivity index (χ1v) is 7.31. The fourth-order valence-electron chi connectivity index (χ4n) is 2.27. The Balaban J connectivity index is 1.98. The summed E-state index contributed by atoms with van der Waals surface area (Å²) >= 11 is 0. The van der Waals surface area contributed by atoms with Crippen LogP contribution in [0.15, 0.2) is 41.2 Å². The molecule has 0 saturated carbocycles. The Labute approximate surface area is 133 Å². The Bertz CT molecular complexity index is 740. The number of hydrogen-bond acceptors (Lipinski definition) is 3. The Hall–Kier alpha value is -2.47. The van der Waals surface area contributed by atoms with Gasteiger partial charge in [0.2, 0.25) is 0 Å². The molecule has 6 heteroatoms. The number of H-pyrrole nitrogens is 1. The summed E-state index contributed by atoms with van der Waals surface area (Å²) in [7, 11) is 0. The molecule has 0 bridgehead atoms. The number of aryl methyl sites for hydroxylation is 1. The zero-order valence-electron chi connectivity index (χ0n) is 13.0. The Morgan fingerprint density at radius 2 is 1.91 bits per heavy atom. The van der Waals surface area contributed by atoms with Crippen LogP contribution in [-0.4, -0.2) is 22.0 Å². The minimum absolute atomic E-state index is 0.0266. The molecule has 2 aromatic rings. The highest BCUT2D eigenvalue weighted by molar-refractivity contribution is 5.93. The first-order chi connectivity index (χ1) is 10.9. The summed E-state index contributed by atoms with van der Waals surface area (Å²) in [6.07, 6.45) is -0.580. The number of carbonyl (C=O) groups excluding carboxylic acids is 1. The number of benzene rings is 1. The molecule has 5 nitrogen and oxygen atoms in total. The lowest BCUT2D eigenvalue weighted by Crippen LogP contribution is -2.36. The molecule has 3 N–H and O–H groups in total. The van der Waals surface area contributed by atoms with Gasteiger partial charge < -0.3 is 15.4 Å². The summed E-state index contributed by atoms with van der Waals surface area (Å²) in [5, 5.41) is 12.8. The lowest BCUT2D eigenvalue weighted by atomic mass is 10.0. The van der Waals surface area contributed by atoms with Gasteiger partial charge >= 0.3 is 0 Å². The van der Waals surface area contributed by atoms with Crippen molar-refractivity contribution in [2.24, 2.45) is 0 Å². The maximum Gasteiger partial charge on any atom is 0.260 e. The van der Waals surface area contributed by atoms with Crippen molar-refractivity contribution in [2.45, 2.75) is 32.4 Å². The van der Waals surface area contributed by atoms with Gasteiger partial charge in [-0.25, -0.2) is 4.39 Å². The summed E-state index contributed by atoms with van der Waals surface area (Å²) in [6.45, 7) is 3.46. The van der Waals surface area contributed by atoms with Crippen LogP contribution >= 0.6 is 0 Å². The third kappa shape index (κ3) is 4.50. The Morgan fingerprint density at radius 3 is 2.52 bits per heavy atom. The molecule has 2 unspecified atom stereocenters. The number of aliphatic hydroxyl groups excluding tert-OH is 1. The van der Waals surface area contributed by atoms with Crippen LogP contribution < -0.4 is 10.9 Å². The van der Waals surface area contributed by atoms with Crippen molar-refractivity contribution in [1.82, 2.24) is 10.3 Å². The second-order valence-electron chi connectivity index (χ2n) is 5.56. The molecule has 23 heavy (non-hydrogen) atoms. The van der Waals surface area contributed by atoms with Crippen LogP contribution in [0.5, 0.6) is 0 Å². The summed E-state index contributed by atoms with van der Waals surface area (Å²) in [5.41, 5.74) is 0.819. The average molecular weight is 318 g/mol. The topological polar surface area (TPSA) is 82.2 Å². The maximum absolute atomic E-state index is 12.9. The van der Waals surface area contributed by atoms with Crippen LogP contribution in [0.25, 0.3) is 0 Å². The van der Waals surface area contributed by atoms with Crippen molar-refractivity contribution in [3.63, 3.8) is 0 Å². The number of nitrogens with one attached hydrogen (secondary N) is 2. The SMILES string of the molecule is Cc1ccc(C(=O)NC(C)CC(O)c2ccc(F)cc2)c(=O)[nH]1. The van der Waals surface area contributed by atoms with Gasteiger partial charge in [-0.2, -0.15) is 0 Å². The third-order valence-electron chi connectivity index (χ3n) is 3.51. The molecule has 2 rings (SSSR count). The number of amides is 1. The molecule has 0 aliphatic heterocycles. The van der Waals surface area contributed by atoms with Crippen LogP contribution in [0.2, 0.25) is 0 Å². The fourth-order valence-corrected chi connectivity index (χ4v) is 2.27. The molecule has 0 fully saturated rings. The van der Waals surface area contributed by atoms with E-state index in [1.165, 1.54) is 30.3 Å². The third-order valence-corrected chi connectivity index (χ3v) is 3.51. The van der Waals surface area contributed by atoms with Gasteiger partial charge in [0.05, 0.1) is 6.10 Å². The quantitative estimate of drug-likeness (QED) is 0.789. The maximum atomic E-state index is 12.9. The minimum Gasteiger partial charge on any atom is -0.388 e. The largest absolute Gasteiger partial charge is 0.388 e. The molecular formula is C17H19FN2O3. The number of halogens is 1. The van der Waals surface area contributed by atoms with E-state index in [9.17, 15) is 19.1 Å². The van der Waals surface area contributed by atoms with Gasteiger partial charge in [-0.15, -0.1) is 0 Å². The normalized spacial score (nSPS) is 13.4. The monoisotopic (exact) mass is 318 g/mol. The first kappa shape index (κ1) is 16.9. The zero-order chi connectivity index (χ0) is 17.0. The number of aromatic amines is 1. The zero-order valence-corrected chi connectivity index (χ0v) is 13.0. The lowest BCUT2D eigenvalue weighted by Gasteiger charge is -2.18. The van der Waals surface area contributed by atoms with E-state index >= 15 is 0 Å². The van der Waals surface area contributed by atoms with Gasteiger partial charge in [0, 0.05) is 11.7 Å². The molecular weight excluding hydrogens is 299 g/mol. The lowest BCUT2D eigenvalue weighted by molar-refractivity contribution is 0.0915. The van der Waals surface area contributed by atoms with Crippen LogP contribution in [0, 0.1) is 12.7 Å². The van der Waals surface area contributed by atoms with Gasteiger partial charge in [0.25, 0.3) is 11.5 Å². The summed E-state index contributed by atoms with van der Waals surface area (Å²) in [4.78, 5) is 26.4. The molecule has 0 aliphatic rings. The van der Waals surface area contributed by atoms with Gasteiger partial charge in [0.1, 0.15) is 11.4 Å². The van der Waals surface area contributed by atoms with Gasteiger partial charge in [0.15, 0.2) is 0 Å². The molecule has 2 atom stereocenters. The van der Waals surface area contributed by atoms with E-state index < -0.39 is 17.6 Å². The predicted molar refractivity (Wildman–Crippen MR) is 84.7 cm³/mol. The van der Waals surface area contributed by atoms with Crippen molar-refractivity contribution < 1.29 is 14.3 Å². The van der Waals surface area contributed by atoms with E-state index in [0.717, 1.165) is 0 Å². The molecule has 122 valence electrons. The highest BCUT2D eigenvalue weighted by Crippen LogP contribution is 2.18. The molecule has 1 heterocycles. The number of pyridine rings is 1. The first-order valence-electron chi connectivity index (χ1n) is 7.31. The van der Waals surface area contributed by atoms with Crippen LogP contribution in [-0.2, 0) is 0 Å². The fraction of sp³-hybridized carbons (Fsp3) is 0.294. The van der Waals surface area contributed by atoms with Gasteiger partial charge in [-0.05, 0) is 50.1 Å².